The normalized spacial score (nSPS) is 10.6. The number of rotatable bonds is 4. The topological polar surface area (TPSA) is 12.0 Å². The maximum atomic E-state index is 13.5. The minimum Gasteiger partial charge on any atom is -0.380 e. The molecular weight excluding hydrogens is 281 g/mol. The number of thiophene rings is 1. The zero-order valence-electron chi connectivity index (χ0n) is 11.8. The van der Waals surface area contributed by atoms with E-state index in [1.807, 2.05) is 24.3 Å². The number of hydrogen-bond acceptors (Lipinski definition) is 2. The zero-order chi connectivity index (χ0) is 14.7. The SMILES string of the molecule is Cc1c(F)cccc1NCc1cc(-c2ccccc2)cs1. The maximum Gasteiger partial charge on any atom is 0.128 e. The second kappa shape index (κ2) is 6.10. The van der Waals surface area contributed by atoms with Gasteiger partial charge in [-0.25, -0.2) is 4.39 Å². The van der Waals surface area contributed by atoms with Crippen molar-refractivity contribution in [2.75, 3.05) is 5.32 Å². The van der Waals surface area contributed by atoms with Crippen LogP contribution in [0.1, 0.15) is 10.4 Å². The smallest absolute Gasteiger partial charge is 0.128 e. The van der Waals surface area contributed by atoms with Crippen molar-refractivity contribution in [2.24, 2.45) is 0 Å². The molecule has 1 heterocycles. The molecule has 0 fully saturated rings. The maximum absolute atomic E-state index is 13.5. The van der Waals surface area contributed by atoms with Gasteiger partial charge >= 0.3 is 0 Å². The molecule has 0 aliphatic carbocycles. The Bertz CT molecular complexity index is 734. The molecule has 0 spiro atoms. The molecule has 0 saturated carbocycles. The fourth-order valence-corrected chi connectivity index (χ4v) is 3.07. The van der Waals surface area contributed by atoms with Crippen molar-refractivity contribution in [2.45, 2.75) is 13.5 Å². The third kappa shape index (κ3) is 3.14. The van der Waals surface area contributed by atoms with Crippen LogP contribution >= 0.6 is 11.3 Å². The summed E-state index contributed by atoms with van der Waals surface area (Å²) in [5.74, 6) is -0.170. The average Bonchev–Trinajstić information content (AvgIpc) is 2.99. The Labute approximate surface area is 128 Å². The van der Waals surface area contributed by atoms with Gasteiger partial charge < -0.3 is 5.32 Å². The van der Waals surface area contributed by atoms with E-state index in [0.29, 0.717) is 12.1 Å². The summed E-state index contributed by atoms with van der Waals surface area (Å²) in [6, 6.07) is 17.6. The van der Waals surface area contributed by atoms with E-state index in [0.717, 1.165) is 5.69 Å². The highest BCUT2D eigenvalue weighted by atomic mass is 32.1. The average molecular weight is 297 g/mol. The van der Waals surface area contributed by atoms with Gasteiger partial charge in [0.15, 0.2) is 0 Å². The Kier molecular flexibility index (Phi) is 4.02. The lowest BCUT2D eigenvalue weighted by Gasteiger charge is -2.08. The molecule has 1 N–H and O–H groups in total. The van der Waals surface area contributed by atoms with E-state index < -0.39 is 0 Å². The Balaban J connectivity index is 1.72. The molecule has 0 unspecified atom stereocenters. The lowest BCUT2D eigenvalue weighted by molar-refractivity contribution is 0.619. The number of nitrogens with one attached hydrogen (secondary N) is 1. The van der Waals surface area contributed by atoms with Gasteiger partial charge in [-0.2, -0.15) is 0 Å². The molecule has 106 valence electrons. The molecule has 1 aromatic heterocycles. The van der Waals surface area contributed by atoms with Crippen molar-refractivity contribution in [3.63, 3.8) is 0 Å². The van der Waals surface area contributed by atoms with Crippen molar-refractivity contribution in [3.8, 4) is 11.1 Å². The van der Waals surface area contributed by atoms with E-state index in [1.54, 1.807) is 24.3 Å². The van der Waals surface area contributed by atoms with Crippen molar-refractivity contribution in [3.05, 3.63) is 76.2 Å². The van der Waals surface area contributed by atoms with E-state index in [4.69, 9.17) is 0 Å². The first-order chi connectivity index (χ1) is 10.2. The van der Waals surface area contributed by atoms with E-state index in [9.17, 15) is 4.39 Å². The molecule has 2 aromatic carbocycles. The summed E-state index contributed by atoms with van der Waals surface area (Å²) in [7, 11) is 0. The summed E-state index contributed by atoms with van der Waals surface area (Å²) < 4.78 is 13.5. The second-order valence-electron chi connectivity index (χ2n) is 4.93. The first-order valence-electron chi connectivity index (χ1n) is 6.86. The molecule has 3 rings (SSSR count). The predicted octanol–water partition coefficient (Wildman–Crippen LogP) is 5.47. The summed E-state index contributed by atoms with van der Waals surface area (Å²) in [6.45, 7) is 2.50. The van der Waals surface area contributed by atoms with Crippen molar-refractivity contribution in [1.82, 2.24) is 0 Å². The molecule has 21 heavy (non-hydrogen) atoms. The van der Waals surface area contributed by atoms with E-state index >= 15 is 0 Å². The molecule has 3 aromatic rings. The second-order valence-corrected chi connectivity index (χ2v) is 5.93. The van der Waals surface area contributed by atoms with Crippen LogP contribution in [0.5, 0.6) is 0 Å². The number of benzene rings is 2. The number of hydrogen-bond donors (Lipinski definition) is 1. The molecular formula is C18H16FNS. The molecule has 1 nitrogen and oxygen atoms in total. The zero-order valence-corrected chi connectivity index (χ0v) is 12.6. The van der Waals surface area contributed by atoms with E-state index in [-0.39, 0.29) is 5.82 Å². The highest BCUT2D eigenvalue weighted by Crippen LogP contribution is 2.26. The fourth-order valence-electron chi connectivity index (χ4n) is 2.24. The molecule has 0 radical (unpaired) electrons. The van der Waals surface area contributed by atoms with Gasteiger partial charge in [0, 0.05) is 22.7 Å². The number of anilines is 1. The molecule has 0 amide bonds. The van der Waals surface area contributed by atoms with Gasteiger partial charge in [0.05, 0.1) is 0 Å². The van der Waals surface area contributed by atoms with Gasteiger partial charge in [0.2, 0.25) is 0 Å². The Morgan fingerprint density at radius 1 is 1.00 bits per heavy atom. The fraction of sp³-hybridized carbons (Fsp3) is 0.111. The highest BCUT2D eigenvalue weighted by molar-refractivity contribution is 7.10. The first kappa shape index (κ1) is 13.8. The van der Waals surface area contributed by atoms with E-state index in [2.05, 4.69) is 28.9 Å². The summed E-state index contributed by atoms with van der Waals surface area (Å²) in [5, 5.41) is 5.46. The summed E-state index contributed by atoms with van der Waals surface area (Å²) in [4.78, 5) is 1.23. The van der Waals surface area contributed by atoms with Crippen LogP contribution in [0.2, 0.25) is 0 Å². The summed E-state index contributed by atoms with van der Waals surface area (Å²) in [5.41, 5.74) is 3.97. The molecule has 0 aliphatic heterocycles. The van der Waals surface area contributed by atoms with Gasteiger partial charge in [0.25, 0.3) is 0 Å². The van der Waals surface area contributed by atoms with Gasteiger partial charge in [-0.15, -0.1) is 11.3 Å². The van der Waals surface area contributed by atoms with Crippen LogP contribution in [0.25, 0.3) is 11.1 Å². The van der Waals surface area contributed by atoms with E-state index in [1.165, 1.54) is 22.1 Å². The predicted molar refractivity (Wildman–Crippen MR) is 88.2 cm³/mol. The van der Waals surface area contributed by atoms with Crippen molar-refractivity contribution >= 4 is 17.0 Å². The minimum atomic E-state index is -0.170. The van der Waals surface area contributed by atoms with Gasteiger partial charge in [0.1, 0.15) is 5.82 Å². The van der Waals surface area contributed by atoms with Crippen LogP contribution in [-0.2, 0) is 6.54 Å². The van der Waals surface area contributed by atoms with Gasteiger partial charge in [-0.1, -0.05) is 36.4 Å². The van der Waals surface area contributed by atoms with Crippen LogP contribution in [0.4, 0.5) is 10.1 Å². The van der Waals surface area contributed by atoms with Crippen LogP contribution < -0.4 is 5.32 Å². The van der Waals surface area contributed by atoms with Crippen molar-refractivity contribution < 1.29 is 4.39 Å². The Hall–Kier alpha value is -2.13. The third-order valence-corrected chi connectivity index (χ3v) is 4.42. The van der Waals surface area contributed by atoms with Crippen LogP contribution in [-0.4, -0.2) is 0 Å². The molecule has 0 saturated heterocycles. The first-order valence-corrected chi connectivity index (χ1v) is 7.74. The third-order valence-electron chi connectivity index (χ3n) is 3.48. The molecule has 0 aliphatic rings. The number of halogens is 1. The summed E-state index contributed by atoms with van der Waals surface area (Å²) >= 11 is 1.72. The Morgan fingerprint density at radius 2 is 1.81 bits per heavy atom. The molecule has 0 bridgehead atoms. The minimum absolute atomic E-state index is 0.170. The van der Waals surface area contributed by atoms with Crippen LogP contribution in [0.3, 0.4) is 0 Å². The lowest BCUT2D eigenvalue weighted by Crippen LogP contribution is -2.00. The highest BCUT2D eigenvalue weighted by Gasteiger charge is 2.05. The monoisotopic (exact) mass is 297 g/mol. The van der Waals surface area contributed by atoms with Crippen LogP contribution in [0.15, 0.2) is 60.0 Å². The van der Waals surface area contributed by atoms with Gasteiger partial charge in [-0.05, 0) is 41.6 Å². The Morgan fingerprint density at radius 3 is 2.62 bits per heavy atom. The largest absolute Gasteiger partial charge is 0.380 e. The standard InChI is InChI=1S/C18H16FNS/c1-13-17(19)8-5-9-18(13)20-11-16-10-15(12-21-16)14-6-3-2-4-7-14/h2-10,12,20H,11H2,1H3. The summed E-state index contributed by atoms with van der Waals surface area (Å²) in [6.07, 6.45) is 0. The van der Waals surface area contributed by atoms with Crippen molar-refractivity contribution in [1.29, 1.82) is 0 Å². The van der Waals surface area contributed by atoms with Gasteiger partial charge in [-0.3, -0.25) is 0 Å². The quantitative estimate of drug-likeness (QED) is 0.673. The lowest BCUT2D eigenvalue weighted by atomic mass is 10.1. The van der Waals surface area contributed by atoms with Crippen LogP contribution in [0, 0.1) is 12.7 Å². The molecule has 0 atom stereocenters. The molecule has 3 heteroatoms.